The molecule has 1 aromatic rings. The molecule has 2 N–H and O–H groups in total. The molecular formula is C5H6N2O3. The van der Waals surface area contributed by atoms with E-state index < -0.39 is 5.56 Å². The van der Waals surface area contributed by atoms with Crippen molar-refractivity contribution in [2.75, 3.05) is 5.32 Å². The fourth-order valence-corrected chi connectivity index (χ4v) is 0.526. The number of amides is 1. The van der Waals surface area contributed by atoms with Crippen LogP contribution in [0, 0.1) is 0 Å². The van der Waals surface area contributed by atoms with Crippen LogP contribution in [0.3, 0.4) is 0 Å². The highest BCUT2D eigenvalue weighted by Gasteiger charge is 2.01. The standard InChI is InChI=1S/C5H6N2O3/c1-3(8)6-4-2-10-7-5(4)9/h2H,1H3,(H,6,8)(H,7,9). The third kappa shape index (κ3) is 1.25. The van der Waals surface area contributed by atoms with E-state index in [4.69, 9.17) is 0 Å². The largest absolute Gasteiger partial charge is 0.385 e. The average molecular weight is 142 g/mol. The van der Waals surface area contributed by atoms with E-state index in [1.807, 2.05) is 5.16 Å². The maximum absolute atomic E-state index is 10.6. The Kier molecular flexibility index (Phi) is 1.57. The Morgan fingerprint density at radius 2 is 2.50 bits per heavy atom. The van der Waals surface area contributed by atoms with Crippen LogP contribution in [-0.4, -0.2) is 11.1 Å². The number of hydrogen-bond acceptors (Lipinski definition) is 3. The lowest BCUT2D eigenvalue weighted by atomic mass is 10.5. The van der Waals surface area contributed by atoms with Gasteiger partial charge in [0.2, 0.25) is 5.91 Å². The van der Waals surface area contributed by atoms with Crippen LogP contribution in [-0.2, 0) is 4.79 Å². The normalized spacial score (nSPS) is 9.30. The Hall–Kier alpha value is -1.52. The molecule has 1 rings (SSSR count). The molecular weight excluding hydrogens is 136 g/mol. The maximum Gasteiger partial charge on any atom is 0.303 e. The van der Waals surface area contributed by atoms with Gasteiger partial charge in [-0.1, -0.05) is 0 Å². The van der Waals surface area contributed by atoms with E-state index in [1.165, 1.54) is 6.92 Å². The number of aromatic amines is 1. The van der Waals surface area contributed by atoms with Crippen molar-refractivity contribution in [1.29, 1.82) is 0 Å². The molecule has 1 heterocycles. The van der Waals surface area contributed by atoms with Gasteiger partial charge in [-0.2, -0.15) is 5.16 Å². The summed E-state index contributed by atoms with van der Waals surface area (Å²) in [5.41, 5.74) is -0.303. The number of aromatic nitrogens is 1. The molecule has 0 spiro atoms. The van der Waals surface area contributed by atoms with Crippen LogP contribution in [0.25, 0.3) is 0 Å². The van der Waals surface area contributed by atoms with E-state index >= 15 is 0 Å². The molecule has 0 fully saturated rings. The van der Waals surface area contributed by atoms with Crippen LogP contribution in [0.1, 0.15) is 6.92 Å². The van der Waals surface area contributed by atoms with Gasteiger partial charge in [0, 0.05) is 6.92 Å². The van der Waals surface area contributed by atoms with Gasteiger partial charge in [0.1, 0.15) is 12.0 Å². The quantitative estimate of drug-likeness (QED) is 0.576. The second kappa shape index (κ2) is 2.38. The number of carbonyl (C=O) groups is 1. The van der Waals surface area contributed by atoms with E-state index in [0.717, 1.165) is 6.26 Å². The smallest absolute Gasteiger partial charge is 0.303 e. The first kappa shape index (κ1) is 6.60. The van der Waals surface area contributed by atoms with Gasteiger partial charge in [-0.3, -0.25) is 9.59 Å². The summed E-state index contributed by atoms with van der Waals surface area (Å²) in [6.07, 6.45) is 1.14. The molecule has 0 aromatic carbocycles. The molecule has 0 aliphatic heterocycles. The summed E-state index contributed by atoms with van der Waals surface area (Å²) < 4.78 is 4.39. The van der Waals surface area contributed by atoms with Gasteiger partial charge in [0.05, 0.1) is 0 Å². The molecule has 0 aliphatic rings. The van der Waals surface area contributed by atoms with Crippen molar-refractivity contribution in [3.63, 3.8) is 0 Å². The molecule has 0 saturated carbocycles. The fraction of sp³-hybridized carbons (Fsp3) is 0.200. The molecule has 0 radical (unpaired) electrons. The zero-order valence-electron chi connectivity index (χ0n) is 5.30. The second-order valence-electron chi connectivity index (χ2n) is 1.76. The summed E-state index contributed by atoms with van der Waals surface area (Å²) in [5.74, 6) is -0.299. The van der Waals surface area contributed by atoms with Crippen LogP contribution < -0.4 is 10.9 Å². The van der Waals surface area contributed by atoms with E-state index in [0.29, 0.717) is 0 Å². The van der Waals surface area contributed by atoms with Crippen molar-refractivity contribution in [3.05, 3.63) is 16.6 Å². The molecule has 1 aromatic heterocycles. The number of anilines is 1. The Bertz CT molecular complexity index is 285. The minimum Gasteiger partial charge on any atom is -0.385 e. The Morgan fingerprint density at radius 1 is 1.80 bits per heavy atom. The second-order valence-corrected chi connectivity index (χ2v) is 1.76. The highest BCUT2D eigenvalue weighted by molar-refractivity contribution is 5.88. The molecule has 0 saturated heterocycles. The number of rotatable bonds is 1. The molecule has 1 amide bonds. The minimum absolute atomic E-state index is 0.132. The minimum atomic E-state index is -0.435. The third-order valence-electron chi connectivity index (χ3n) is 0.884. The van der Waals surface area contributed by atoms with E-state index in [-0.39, 0.29) is 11.6 Å². The van der Waals surface area contributed by atoms with Gasteiger partial charge in [0.15, 0.2) is 0 Å². The summed E-state index contributed by atoms with van der Waals surface area (Å²) in [5, 5.41) is 4.31. The Labute approximate surface area is 56.0 Å². The predicted molar refractivity (Wildman–Crippen MR) is 33.6 cm³/mol. The van der Waals surface area contributed by atoms with Gasteiger partial charge in [-0.05, 0) is 0 Å². The number of H-pyrrole nitrogens is 1. The summed E-state index contributed by atoms with van der Waals surface area (Å²) in [7, 11) is 0. The van der Waals surface area contributed by atoms with Crippen molar-refractivity contribution in [2.45, 2.75) is 6.92 Å². The molecule has 5 heteroatoms. The third-order valence-corrected chi connectivity index (χ3v) is 0.884. The zero-order chi connectivity index (χ0) is 7.56. The topological polar surface area (TPSA) is 75.1 Å². The van der Waals surface area contributed by atoms with Crippen LogP contribution in [0.2, 0.25) is 0 Å². The molecule has 0 atom stereocenters. The first-order valence-corrected chi connectivity index (χ1v) is 2.64. The summed E-state index contributed by atoms with van der Waals surface area (Å²) in [4.78, 5) is 20.9. The van der Waals surface area contributed by atoms with Gasteiger partial charge in [-0.15, -0.1) is 0 Å². The monoisotopic (exact) mass is 142 g/mol. The predicted octanol–water partition coefficient (Wildman–Crippen LogP) is -0.0737. The number of hydrogen-bond donors (Lipinski definition) is 2. The van der Waals surface area contributed by atoms with Crippen molar-refractivity contribution in [2.24, 2.45) is 0 Å². The first-order valence-electron chi connectivity index (χ1n) is 2.64. The lowest BCUT2D eigenvalue weighted by Crippen LogP contribution is -2.12. The number of nitrogens with one attached hydrogen (secondary N) is 2. The molecule has 0 bridgehead atoms. The van der Waals surface area contributed by atoms with Crippen LogP contribution in [0.15, 0.2) is 15.6 Å². The molecule has 54 valence electrons. The van der Waals surface area contributed by atoms with E-state index in [1.54, 1.807) is 0 Å². The molecule has 5 nitrogen and oxygen atoms in total. The van der Waals surface area contributed by atoms with Gasteiger partial charge < -0.3 is 9.84 Å². The van der Waals surface area contributed by atoms with Crippen molar-refractivity contribution >= 4 is 11.6 Å². The zero-order valence-corrected chi connectivity index (χ0v) is 5.30. The van der Waals surface area contributed by atoms with Gasteiger partial charge in [0.25, 0.3) is 0 Å². The lowest BCUT2D eigenvalue weighted by molar-refractivity contribution is -0.114. The number of carbonyl (C=O) groups excluding carboxylic acids is 1. The van der Waals surface area contributed by atoms with Gasteiger partial charge >= 0.3 is 5.56 Å². The van der Waals surface area contributed by atoms with Crippen LogP contribution in [0.5, 0.6) is 0 Å². The first-order chi connectivity index (χ1) is 4.70. The van der Waals surface area contributed by atoms with E-state index in [9.17, 15) is 9.59 Å². The Morgan fingerprint density at radius 3 is 2.90 bits per heavy atom. The van der Waals surface area contributed by atoms with Gasteiger partial charge in [-0.25, -0.2) is 0 Å². The molecule has 0 aliphatic carbocycles. The van der Waals surface area contributed by atoms with Crippen molar-refractivity contribution in [3.8, 4) is 0 Å². The fourth-order valence-electron chi connectivity index (χ4n) is 0.526. The average Bonchev–Trinajstić information content (AvgIpc) is 2.15. The Balaban J connectivity index is 2.85. The highest BCUT2D eigenvalue weighted by Crippen LogP contribution is 1.94. The van der Waals surface area contributed by atoms with Crippen molar-refractivity contribution in [1.82, 2.24) is 5.16 Å². The highest BCUT2D eigenvalue weighted by atomic mass is 16.5. The lowest BCUT2D eigenvalue weighted by Gasteiger charge is -1.89. The summed E-state index contributed by atoms with van der Waals surface area (Å²) >= 11 is 0. The SMILES string of the molecule is CC(=O)Nc1co[nH]c1=O. The van der Waals surface area contributed by atoms with Crippen LogP contribution in [0.4, 0.5) is 5.69 Å². The maximum atomic E-state index is 10.6. The van der Waals surface area contributed by atoms with Crippen molar-refractivity contribution < 1.29 is 9.32 Å². The van der Waals surface area contributed by atoms with E-state index in [2.05, 4.69) is 9.84 Å². The summed E-state index contributed by atoms with van der Waals surface area (Å²) in [6, 6.07) is 0. The summed E-state index contributed by atoms with van der Waals surface area (Å²) in [6.45, 7) is 1.31. The molecule has 0 unspecified atom stereocenters. The molecule has 10 heavy (non-hydrogen) atoms. The van der Waals surface area contributed by atoms with Crippen LogP contribution >= 0.6 is 0 Å².